The number of aliphatic hydroxyl groups is 4. The maximum absolute atomic E-state index is 10.7. The van der Waals surface area contributed by atoms with E-state index in [1.54, 1.807) is 0 Å². The molecule has 1 aromatic carbocycles. The van der Waals surface area contributed by atoms with Gasteiger partial charge in [0.1, 0.15) is 12.2 Å². The number of hydrogen-bond donors (Lipinski definition) is 5. The molecule has 1 aromatic heterocycles. The maximum atomic E-state index is 10.7. The number of ether oxygens (including phenoxy) is 1. The minimum absolute atomic E-state index is 0.0284. The lowest BCUT2D eigenvalue weighted by molar-refractivity contribution is -0.287. The fourth-order valence-electron chi connectivity index (χ4n) is 2.54. The van der Waals surface area contributed by atoms with Crippen molar-refractivity contribution in [2.75, 3.05) is 6.61 Å². The molecule has 0 spiro atoms. The van der Waals surface area contributed by atoms with Gasteiger partial charge < -0.3 is 30.1 Å². The van der Waals surface area contributed by atoms with E-state index in [2.05, 4.69) is 4.98 Å². The summed E-state index contributed by atoms with van der Waals surface area (Å²) in [5.74, 6) is -2.35. The number of nitrogens with one attached hydrogen (secondary N) is 1. The third kappa shape index (κ3) is 2.19. The molecule has 4 atom stereocenters. The summed E-state index contributed by atoms with van der Waals surface area (Å²) in [7, 11) is 0. The smallest absolute Gasteiger partial charge is 0.286 e. The molecule has 7 nitrogen and oxygen atoms in total. The first-order chi connectivity index (χ1) is 10.3. The minimum atomic E-state index is -2.35. The molecule has 1 aliphatic heterocycles. The van der Waals surface area contributed by atoms with Crippen LogP contribution in [0.5, 0.6) is 0 Å². The van der Waals surface area contributed by atoms with E-state index < -0.39 is 30.8 Å². The molecule has 0 saturated carbocycles. The van der Waals surface area contributed by atoms with Crippen LogP contribution in [0.3, 0.4) is 0 Å². The Morgan fingerprint density at radius 1 is 1.32 bits per heavy atom. The van der Waals surface area contributed by atoms with Gasteiger partial charge in [0.2, 0.25) is 0 Å². The molecular weight excluding hydrogens is 355 g/mol. The molecule has 1 saturated heterocycles. The number of aromatic amines is 1. The van der Waals surface area contributed by atoms with Crippen LogP contribution >= 0.6 is 35.4 Å². The Morgan fingerprint density at radius 3 is 2.55 bits per heavy atom. The van der Waals surface area contributed by atoms with Gasteiger partial charge in [0.15, 0.2) is 10.9 Å². The number of halogens is 2. The van der Waals surface area contributed by atoms with Crippen LogP contribution in [-0.2, 0) is 10.6 Å². The van der Waals surface area contributed by atoms with Crippen molar-refractivity contribution in [3.8, 4) is 0 Å². The maximum Gasteiger partial charge on any atom is 0.286 e. The van der Waals surface area contributed by atoms with Crippen LogP contribution in [0.2, 0.25) is 10.0 Å². The average molecular weight is 367 g/mol. The molecule has 120 valence electrons. The molecule has 1 fully saturated rings. The van der Waals surface area contributed by atoms with Gasteiger partial charge in [0, 0.05) is 0 Å². The second-order valence-electron chi connectivity index (χ2n) is 4.98. The zero-order chi connectivity index (χ0) is 16.2. The highest BCUT2D eigenvalue weighted by atomic mass is 35.5. The standard InChI is InChI=1S/C12H12Cl2N2O5S/c13-4-1-6-7(2-5(4)14)16(11(22)15-6)12(20)10(19)9(18)8(3-17)21-12/h1-2,8-10,17-20H,3H2,(H,15,22)/t8-,9+,10+,12-/m1/s1. The molecule has 22 heavy (non-hydrogen) atoms. The second-order valence-corrected chi connectivity index (χ2v) is 6.18. The van der Waals surface area contributed by atoms with Gasteiger partial charge in [-0.2, -0.15) is 0 Å². The minimum Gasteiger partial charge on any atom is -0.394 e. The fourth-order valence-corrected chi connectivity index (χ4v) is 3.20. The molecule has 5 N–H and O–H groups in total. The number of hydrogen-bond acceptors (Lipinski definition) is 6. The molecule has 3 rings (SSSR count). The lowest BCUT2D eigenvalue weighted by Gasteiger charge is -2.27. The highest BCUT2D eigenvalue weighted by Crippen LogP contribution is 2.37. The number of benzene rings is 1. The number of H-pyrrole nitrogens is 1. The van der Waals surface area contributed by atoms with Crippen molar-refractivity contribution in [2.24, 2.45) is 0 Å². The van der Waals surface area contributed by atoms with Gasteiger partial charge in [-0.1, -0.05) is 23.2 Å². The summed E-state index contributed by atoms with van der Waals surface area (Å²) < 4.78 is 6.35. The van der Waals surface area contributed by atoms with Crippen LogP contribution in [0, 0.1) is 4.77 Å². The molecule has 0 bridgehead atoms. The Balaban J connectivity index is 2.24. The molecule has 10 heteroatoms. The van der Waals surface area contributed by atoms with Crippen LogP contribution in [0.25, 0.3) is 11.0 Å². The molecule has 0 radical (unpaired) electrons. The molecule has 0 aliphatic carbocycles. The molecular formula is C12H12Cl2N2O5S. The number of nitrogens with zero attached hydrogens (tertiary/aromatic N) is 1. The van der Waals surface area contributed by atoms with E-state index in [9.17, 15) is 15.3 Å². The summed E-state index contributed by atoms with van der Waals surface area (Å²) in [5.41, 5.74) is 0.789. The zero-order valence-electron chi connectivity index (χ0n) is 10.9. The Morgan fingerprint density at radius 2 is 1.95 bits per heavy atom. The number of aromatic nitrogens is 2. The third-order valence-corrected chi connectivity index (χ3v) is 4.65. The lowest BCUT2D eigenvalue weighted by Crippen LogP contribution is -2.45. The normalized spacial score (nSPS) is 32.0. The van der Waals surface area contributed by atoms with Crippen LogP contribution < -0.4 is 0 Å². The van der Waals surface area contributed by atoms with E-state index in [-0.39, 0.29) is 14.8 Å². The molecule has 2 aromatic rings. The van der Waals surface area contributed by atoms with Crippen molar-refractivity contribution in [1.82, 2.24) is 9.55 Å². The predicted octanol–water partition coefficient (Wildman–Crippen LogP) is 0.721. The Hall–Kier alpha value is -0.710. The summed E-state index contributed by atoms with van der Waals surface area (Å²) in [5, 5.41) is 40.3. The van der Waals surface area contributed by atoms with Crippen molar-refractivity contribution in [2.45, 2.75) is 24.2 Å². The molecule has 0 amide bonds. The van der Waals surface area contributed by atoms with Crippen LogP contribution in [0.1, 0.15) is 0 Å². The van der Waals surface area contributed by atoms with Gasteiger partial charge in [-0.3, -0.25) is 4.57 Å². The van der Waals surface area contributed by atoms with E-state index in [1.165, 1.54) is 12.1 Å². The molecule has 2 heterocycles. The van der Waals surface area contributed by atoms with Crippen LogP contribution in [-0.4, -0.2) is 54.9 Å². The summed E-state index contributed by atoms with van der Waals surface area (Å²) in [6.45, 7) is -0.581. The first-order valence-corrected chi connectivity index (χ1v) is 7.43. The van der Waals surface area contributed by atoms with Gasteiger partial charge in [0.25, 0.3) is 5.91 Å². The van der Waals surface area contributed by atoms with E-state index in [0.717, 1.165) is 4.57 Å². The van der Waals surface area contributed by atoms with Gasteiger partial charge in [-0.05, 0) is 24.4 Å². The van der Waals surface area contributed by atoms with E-state index in [4.69, 9.17) is 45.3 Å². The monoisotopic (exact) mass is 366 g/mol. The Kier molecular flexibility index (Phi) is 3.99. The molecule has 1 aliphatic rings. The summed E-state index contributed by atoms with van der Waals surface area (Å²) >= 11 is 17.0. The average Bonchev–Trinajstić information content (AvgIpc) is 2.89. The summed E-state index contributed by atoms with van der Waals surface area (Å²) in [4.78, 5) is 2.80. The number of fused-ring (bicyclic) bond motifs is 1. The Labute approximate surface area is 139 Å². The highest BCUT2D eigenvalue weighted by Gasteiger charge is 2.55. The largest absolute Gasteiger partial charge is 0.394 e. The first kappa shape index (κ1) is 16.2. The number of rotatable bonds is 2. The fraction of sp³-hybridized carbons (Fsp3) is 0.417. The Bertz CT molecular complexity index is 794. The van der Waals surface area contributed by atoms with Crippen molar-refractivity contribution >= 4 is 46.5 Å². The number of aliphatic hydroxyl groups excluding tert-OH is 3. The van der Waals surface area contributed by atoms with E-state index in [1.807, 2.05) is 0 Å². The summed E-state index contributed by atoms with van der Waals surface area (Å²) in [6.07, 6.45) is -4.36. The van der Waals surface area contributed by atoms with Crippen molar-refractivity contribution in [1.29, 1.82) is 0 Å². The highest BCUT2D eigenvalue weighted by molar-refractivity contribution is 7.71. The van der Waals surface area contributed by atoms with Crippen LogP contribution in [0.15, 0.2) is 12.1 Å². The van der Waals surface area contributed by atoms with Gasteiger partial charge in [-0.15, -0.1) is 0 Å². The van der Waals surface area contributed by atoms with Gasteiger partial charge >= 0.3 is 0 Å². The predicted molar refractivity (Wildman–Crippen MR) is 81.3 cm³/mol. The summed E-state index contributed by atoms with van der Waals surface area (Å²) in [6, 6.07) is 2.95. The van der Waals surface area contributed by atoms with Crippen molar-refractivity contribution in [3.63, 3.8) is 0 Å². The van der Waals surface area contributed by atoms with Crippen molar-refractivity contribution in [3.05, 3.63) is 26.9 Å². The van der Waals surface area contributed by atoms with E-state index in [0.29, 0.717) is 11.0 Å². The van der Waals surface area contributed by atoms with Crippen LogP contribution in [0.4, 0.5) is 0 Å². The second kappa shape index (κ2) is 5.43. The van der Waals surface area contributed by atoms with Crippen molar-refractivity contribution < 1.29 is 25.2 Å². The zero-order valence-corrected chi connectivity index (χ0v) is 13.2. The van der Waals surface area contributed by atoms with E-state index >= 15 is 0 Å². The van der Waals surface area contributed by atoms with Gasteiger partial charge in [-0.25, -0.2) is 0 Å². The topological polar surface area (TPSA) is 111 Å². The third-order valence-electron chi connectivity index (χ3n) is 3.64. The van der Waals surface area contributed by atoms with Gasteiger partial charge in [0.05, 0.1) is 27.7 Å². The number of imidazole rings is 1. The lowest BCUT2D eigenvalue weighted by atomic mass is 10.1. The first-order valence-electron chi connectivity index (χ1n) is 6.27. The SMILES string of the molecule is OC[C@H]1O[C@@](O)(n2c(=S)[nH]c3cc(Cl)c(Cl)cc32)[C@@H](O)[C@H]1O. The quantitative estimate of drug-likeness (QED) is 0.501. The molecule has 0 unspecified atom stereocenters.